The highest BCUT2D eigenvalue weighted by atomic mass is 16.5. The molecule has 4 fully saturated rings. The van der Waals surface area contributed by atoms with Gasteiger partial charge in [0, 0.05) is 17.1 Å². The van der Waals surface area contributed by atoms with E-state index in [2.05, 4.69) is 15.6 Å². The predicted octanol–water partition coefficient (Wildman–Crippen LogP) is 3.88. The van der Waals surface area contributed by atoms with E-state index in [4.69, 9.17) is 4.74 Å². The fourth-order valence-electron chi connectivity index (χ4n) is 6.07. The Hall–Kier alpha value is -2.30. The van der Waals surface area contributed by atoms with Gasteiger partial charge in [0.1, 0.15) is 17.9 Å². The molecule has 2 amide bonds. The summed E-state index contributed by atoms with van der Waals surface area (Å²) in [6, 6.07) is 9.80. The molecule has 4 bridgehead atoms. The van der Waals surface area contributed by atoms with Crippen molar-refractivity contribution in [2.75, 3.05) is 13.2 Å². The van der Waals surface area contributed by atoms with Gasteiger partial charge in [-0.2, -0.15) is 0 Å². The average Bonchev–Trinajstić information content (AvgIpc) is 2.64. The van der Waals surface area contributed by atoms with Crippen molar-refractivity contribution in [2.45, 2.75) is 44.1 Å². The lowest BCUT2D eigenvalue weighted by Gasteiger charge is -2.56. The van der Waals surface area contributed by atoms with Crippen LogP contribution in [0.3, 0.4) is 0 Å². The van der Waals surface area contributed by atoms with Gasteiger partial charge in [0.2, 0.25) is 0 Å². The highest BCUT2D eigenvalue weighted by molar-refractivity contribution is 5.84. The first-order chi connectivity index (χ1) is 13.2. The maximum atomic E-state index is 12.5. The molecule has 0 atom stereocenters. The third-order valence-corrected chi connectivity index (χ3v) is 6.66. The van der Waals surface area contributed by atoms with Crippen LogP contribution in [-0.2, 0) is 0 Å². The summed E-state index contributed by atoms with van der Waals surface area (Å²) in [5, 5.41) is 7.37. The van der Waals surface area contributed by atoms with Crippen LogP contribution in [0.1, 0.15) is 38.5 Å². The number of carbonyl (C=O) groups is 1. The van der Waals surface area contributed by atoms with E-state index >= 15 is 0 Å². The number of nitrogens with zero attached hydrogens (tertiary/aromatic N) is 1. The Bertz CT molecular complexity index is 810. The SMILES string of the molecule is O=C(NCCOc1cccc2cccnc12)NC12CC3CC(CC(C3)C1)C2. The lowest BCUT2D eigenvalue weighted by molar-refractivity contribution is -0.0135. The van der Waals surface area contributed by atoms with Gasteiger partial charge < -0.3 is 15.4 Å². The van der Waals surface area contributed by atoms with Crippen molar-refractivity contribution in [3.63, 3.8) is 0 Å². The number of rotatable bonds is 5. The predicted molar refractivity (Wildman–Crippen MR) is 105 cm³/mol. The minimum atomic E-state index is -0.0448. The fraction of sp³-hybridized carbons (Fsp3) is 0.545. The lowest BCUT2D eigenvalue weighted by Crippen LogP contribution is -2.61. The fourth-order valence-corrected chi connectivity index (χ4v) is 6.07. The molecule has 5 heteroatoms. The van der Waals surface area contributed by atoms with Gasteiger partial charge >= 0.3 is 6.03 Å². The zero-order valence-corrected chi connectivity index (χ0v) is 15.6. The van der Waals surface area contributed by atoms with Gasteiger partial charge in [0.05, 0.1) is 6.54 Å². The van der Waals surface area contributed by atoms with E-state index in [9.17, 15) is 4.79 Å². The molecule has 0 unspecified atom stereocenters. The number of hydrogen-bond acceptors (Lipinski definition) is 3. The van der Waals surface area contributed by atoms with E-state index in [1.165, 1.54) is 38.5 Å². The lowest BCUT2D eigenvalue weighted by atomic mass is 9.53. The Kier molecular flexibility index (Phi) is 4.18. The molecule has 4 aliphatic carbocycles. The number of amides is 2. The molecule has 4 aliphatic rings. The minimum Gasteiger partial charge on any atom is -0.489 e. The molecule has 1 heterocycles. The standard InChI is InChI=1S/C22H27N3O2/c26-21(25-22-12-15-9-16(13-22)11-17(10-15)14-22)24-7-8-27-19-5-1-3-18-4-2-6-23-20(18)19/h1-6,15-17H,7-14H2,(H2,24,25,26). The third-order valence-electron chi connectivity index (χ3n) is 6.66. The molecule has 0 spiro atoms. The van der Waals surface area contributed by atoms with Gasteiger partial charge in [0.25, 0.3) is 0 Å². The molecule has 27 heavy (non-hydrogen) atoms. The van der Waals surface area contributed by atoms with Crippen molar-refractivity contribution < 1.29 is 9.53 Å². The maximum absolute atomic E-state index is 12.5. The highest BCUT2D eigenvalue weighted by Gasteiger charge is 2.51. The number of para-hydroxylation sites is 1. The molecule has 0 aliphatic heterocycles. The molecule has 5 nitrogen and oxygen atoms in total. The summed E-state index contributed by atoms with van der Waals surface area (Å²) >= 11 is 0. The van der Waals surface area contributed by atoms with Crippen LogP contribution in [0.2, 0.25) is 0 Å². The number of hydrogen-bond donors (Lipinski definition) is 2. The van der Waals surface area contributed by atoms with Gasteiger partial charge in [-0.25, -0.2) is 4.79 Å². The zero-order chi connectivity index (χ0) is 18.3. The van der Waals surface area contributed by atoms with Crippen LogP contribution in [-0.4, -0.2) is 29.7 Å². The van der Waals surface area contributed by atoms with Gasteiger partial charge in [0.15, 0.2) is 0 Å². The van der Waals surface area contributed by atoms with E-state index < -0.39 is 0 Å². The summed E-state index contributed by atoms with van der Waals surface area (Å²) in [6.45, 7) is 0.922. The molecular formula is C22H27N3O2. The number of aromatic nitrogens is 1. The molecule has 0 saturated heterocycles. The van der Waals surface area contributed by atoms with Crippen LogP contribution >= 0.6 is 0 Å². The van der Waals surface area contributed by atoms with Crippen molar-refractivity contribution in [1.29, 1.82) is 0 Å². The Labute approximate surface area is 159 Å². The van der Waals surface area contributed by atoms with E-state index in [0.717, 1.165) is 34.4 Å². The number of urea groups is 1. The third kappa shape index (κ3) is 3.35. The first-order valence-corrected chi connectivity index (χ1v) is 10.2. The van der Waals surface area contributed by atoms with Crippen LogP contribution in [0.5, 0.6) is 5.75 Å². The van der Waals surface area contributed by atoms with Crippen molar-refractivity contribution in [2.24, 2.45) is 17.8 Å². The molecule has 2 N–H and O–H groups in total. The summed E-state index contributed by atoms with van der Waals surface area (Å²) in [6.07, 6.45) is 9.44. The molecule has 2 aromatic rings. The van der Waals surface area contributed by atoms with Gasteiger partial charge in [-0.1, -0.05) is 18.2 Å². The number of carbonyl (C=O) groups excluding carboxylic acids is 1. The Balaban J connectivity index is 1.13. The van der Waals surface area contributed by atoms with Gasteiger partial charge in [-0.05, 0) is 68.4 Å². The van der Waals surface area contributed by atoms with E-state index in [1.54, 1.807) is 6.20 Å². The summed E-state index contributed by atoms with van der Waals surface area (Å²) in [5.41, 5.74) is 0.914. The summed E-state index contributed by atoms with van der Waals surface area (Å²) < 4.78 is 5.86. The van der Waals surface area contributed by atoms with Crippen molar-refractivity contribution in [3.8, 4) is 5.75 Å². The van der Waals surface area contributed by atoms with E-state index in [0.29, 0.717) is 13.2 Å². The summed E-state index contributed by atoms with van der Waals surface area (Å²) in [7, 11) is 0. The number of fused-ring (bicyclic) bond motifs is 1. The topological polar surface area (TPSA) is 63.2 Å². The second-order valence-corrected chi connectivity index (χ2v) is 8.76. The van der Waals surface area contributed by atoms with Crippen LogP contribution in [0.4, 0.5) is 4.79 Å². The van der Waals surface area contributed by atoms with Crippen LogP contribution < -0.4 is 15.4 Å². The first-order valence-electron chi connectivity index (χ1n) is 10.2. The largest absolute Gasteiger partial charge is 0.489 e. The summed E-state index contributed by atoms with van der Waals surface area (Å²) in [5.74, 6) is 3.26. The first kappa shape index (κ1) is 16.8. The molecule has 1 aromatic carbocycles. The maximum Gasteiger partial charge on any atom is 0.315 e. The zero-order valence-electron chi connectivity index (χ0n) is 15.6. The number of nitrogens with one attached hydrogen (secondary N) is 2. The number of benzene rings is 1. The van der Waals surface area contributed by atoms with Gasteiger partial charge in [-0.3, -0.25) is 4.98 Å². The monoisotopic (exact) mass is 365 g/mol. The second-order valence-electron chi connectivity index (χ2n) is 8.76. The molecular weight excluding hydrogens is 338 g/mol. The Morgan fingerprint density at radius 1 is 1.07 bits per heavy atom. The van der Waals surface area contributed by atoms with Crippen LogP contribution in [0.15, 0.2) is 36.5 Å². The van der Waals surface area contributed by atoms with Crippen molar-refractivity contribution >= 4 is 16.9 Å². The van der Waals surface area contributed by atoms with Crippen molar-refractivity contribution in [1.82, 2.24) is 15.6 Å². The number of ether oxygens (including phenoxy) is 1. The highest BCUT2D eigenvalue weighted by Crippen LogP contribution is 2.55. The van der Waals surface area contributed by atoms with Crippen LogP contribution in [0, 0.1) is 17.8 Å². The molecule has 1 aromatic heterocycles. The van der Waals surface area contributed by atoms with Gasteiger partial charge in [-0.15, -0.1) is 0 Å². The Morgan fingerprint density at radius 2 is 1.78 bits per heavy atom. The second kappa shape index (κ2) is 6.70. The Morgan fingerprint density at radius 3 is 2.52 bits per heavy atom. The van der Waals surface area contributed by atoms with E-state index in [1.807, 2.05) is 30.3 Å². The summed E-state index contributed by atoms with van der Waals surface area (Å²) in [4.78, 5) is 16.9. The number of pyridine rings is 1. The van der Waals surface area contributed by atoms with E-state index in [-0.39, 0.29) is 11.6 Å². The molecule has 6 rings (SSSR count). The smallest absolute Gasteiger partial charge is 0.315 e. The molecule has 0 radical (unpaired) electrons. The normalized spacial score (nSPS) is 31.0. The van der Waals surface area contributed by atoms with Crippen molar-refractivity contribution in [3.05, 3.63) is 36.5 Å². The molecule has 4 saturated carbocycles. The van der Waals surface area contributed by atoms with Crippen LogP contribution in [0.25, 0.3) is 10.9 Å². The minimum absolute atomic E-state index is 0.0448. The molecule has 142 valence electrons. The average molecular weight is 365 g/mol. The quantitative estimate of drug-likeness (QED) is 0.791.